The van der Waals surface area contributed by atoms with Gasteiger partial charge in [-0.1, -0.05) is 42.6 Å². The molecule has 9 heteroatoms. The lowest BCUT2D eigenvalue weighted by Gasteiger charge is -2.29. The molecule has 0 aliphatic carbocycles. The van der Waals surface area contributed by atoms with Crippen molar-refractivity contribution in [2.75, 3.05) is 27.4 Å². The minimum Gasteiger partial charge on any atom is -0.496 e. The molecule has 1 atom stereocenters. The molecule has 33 heavy (non-hydrogen) atoms. The van der Waals surface area contributed by atoms with Gasteiger partial charge in [-0.05, 0) is 25.5 Å². The van der Waals surface area contributed by atoms with Crippen LogP contribution >= 0.6 is 23.2 Å². The molecule has 1 N–H and O–H groups in total. The maximum Gasteiger partial charge on any atom is 0.261 e. The topological polar surface area (TPSA) is 77.1 Å². The second-order valence-corrected chi connectivity index (χ2v) is 8.19. The van der Waals surface area contributed by atoms with Gasteiger partial charge in [-0.3, -0.25) is 9.59 Å². The lowest BCUT2D eigenvalue weighted by Crippen LogP contribution is -2.49. The molecule has 7 nitrogen and oxygen atoms in total. The molecule has 1 unspecified atom stereocenters. The highest BCUT2D eigenvalue weighted by atomic mass is 35.5. The quantitative estimate of drug-likeness (QED) is 0.430. The van der Waals surface area contributed by atoms with Gasteiger partial charge >= 0.3 is 0 Å². The van der Waals surface area contributed by atoms with E-state index in [1.54, 1.807) is 43.3 Å². The van der Waals surface area contributed by atoms with Gasteiger partial charge in [-0.25, -0.2) is 0 Å². The Hall–Kier alpha value is -2.64. The Labute approximate surface area is 204 Å². The first-order valence-electron chi connectivity index (χ1n) is 10.7. The maximum absolute atomic E-state index is 13.2. The molecule has 2 aromatic carbocycles. The number of ether oxygens (including phenoxy) is 3. The number of hydrogen-bond donors (Lipinski definition) is 1. The van der Waals surface area contributed by atoms with Crippen molar-refractivity contribution >= 4 is 35.0 Å². The number of methoxy groups -OCH3 is 2. The molecule has 2 aromatic rings. The van der Waals surface area contributed by atoms with Crippen LogP contribution in [0.25, 0.3) is 0 Å². The normalized spacial score (nSPS) is 11.5. The number of amides is 2. The molecule has 0 fully saturated rings. The third-order valence-electron chi connectivity index (χ3n) is 5.07. The standard InChI is InChI=1S/C24H30Cl2N2O5/c1-5-6-10-27-24(30)16(2)28(14-20-21(25)8-7-9-22(20)26)23(29)15-33-19-12-17(31-3)11-18(13-19)32-4/h7-9,11-13,16H,5-6,10,14-15H2,1-4H3,(H,27,30). The van der Waals surface area contributed by atoms with Crippen molar-refractivity contribution < 1.29 is 23.8 Å². The molecule has 180 valence electrons. The summed E-state index contributed by atoms with van der Waals surface area (Å²) in [5.74, 6) is 0.796. The van der Waals surface area contributed by atoms with Gasteiger partial charge in [0.15, 0.2) is 6.61 Å². The van der Waals surface area contributed by atoms with Gasteiger partial charge in [0, 0.05) is 46.9 Å². The smallest absolute Gasteiger partial charge is 0.261 e. The van der Waals surface area contributed by atoms with Crippen molar-refractivity contribution in [3.63, 3.8) is 0 Å². The summed E-state index contributed by atoms with van der Waals surface area (Å²) < 4.78 is 16.2. The molecule has 0 heterocycles. The van der Waals surface area contributed by atoms with E-state index in [1.165, 1.54) is 19.1 Å². The zero-order valence-electron chi connectivity index (χ0n) is 19.3. The number of halogens is 2. The first-order valence-corrected chi connectivity index (χ1v) is 11.4. The Balaban J connectivity index is 2.22. The van der Waals surface area contributed by atoms with Gasteiger partial charge in [0.05, 0.1) is 14.2 Å². The minimum atomic E-state index is -0.759. The molecule has 2 rings (SSSR count). The number of carbonyl (C=O) groups is 2. The summed E-state index contributed by atoms with van der Waals surface area (Å²) in [5.41, 5.74) is 0.561. The summed E-state index contributed by atoms with van der Waals surface area (Å²) in [7, 11) is 3.05. The summed E-state index contributed by atoms with van der Waals surface area (Å²) in [4.78, 5) is 27.3. The van der Waals surface area contributed by atoms with Gasteiger partial charge in [0.25, 0.3) is 5.91 Å². The molecule has 0 radical (unpaired) electrons. The zero-order valence-corrected chi connectivity index (χ0v) is 20.8. The predicted molar refractivity (Wildman–Crippen MR) is 129 cm³/mol. The van der Waals surface area contributed by atoms with Crippen LogP contribution < -0.4 is 19.5 Å². The van der Waals surface area contributed by atoms with Crippen LogP contribution in [0, 0.1) is 0 Å². The number of nitrogens with zero attached hydrogens (tertiary/aromatic N) is 1. The number of nitrogens with one attached hydrogen (secondary N) is 1. The molecule has 0 saturated carbocycles. The van der Waals surface area contributed by atoms with Crippen molar-refractivity contribution in [2.24, 2.45) is 0 Å². The minimum absolute atomic E-state index is 0.0600. The molecule has 0 aliphatic rings. The summed E-state index contributed by atoms with van der Waals surface area (Å²) in [5, 5.41) is 3.69. The summed E-state index contributed by atoms with van der Waals surface area (Å²) in [6.45, 7) is 4.00. The molecular weight excluding hydrogens is 467 g/mol. The predicted octanol–water partition coefficient (Wildman–Crippen LogP) is 4.72. The number of carbonyl (C=O) groups excluding carboxylic acids is 2. The fraction of sp³-hybridized carbons (Fsp3) is 0.417. The maximum atomic E-state index is 13.2. The monoisotopic (exact) mass is 496 g/mol. The van der Waals surface area contributed by atoms with E-state index in [2.05, 4.69) is 5.32 Å². The van der Waals surface area contributed by atoms with Crippen LogP contribution in [0.2, 0.25) is 10.0 Å². The molecule has 2 amide bonds. The summed E-state index contributed by atoms with van der Waals surface area (Å²) >= 11 is 12.6. The average Bonchev–Trinajstić information content (AvgIpc) is 2.81. The molecule has 0 saturated heterocycles. The van der Waals surface area contributed by atoms with Crippen LogP contribution in [0.15, 0.2) is 36.4 Å². The lowest BCUT2D eigenvalue weighted by molar-refractivity contribution is -0.142. The number of rotatable bonds is 12. The van der Waals surface area contributed by atoms with Gasteiger partial charge in [-0.15, -0.1) is 0 Å². The number of hydrogen-bond acceptors (Lipinski definition) is 5. The van der Waals surface area contributed by atoms with Crippen LogP contribution in [0.4, 0.5) is 0 Å². The Kier molecular flexibility index (Phi) is 10.6. The molecule has 0 spiro atoms. The second kappa shape index (κ2) is 13.2. The molecule has 0 bridgehead atoms. The third-order valence-corrected chi connectivity index (χ3v) is 5.78. The van der Waals surface area contributed by atoms with Gasteiger partial charge in [0.1, 0.15) is 23.3 Å². The fourth-order valence-electron chi connectivity index (χ4n) is 3.07. The Bertz CT molecular complexity index is 912. The van der Waals surface area contributed by atoms with Crippen LogP contribution in [-0.2, 0) is 16.1 Å². The average molecular weight is 497 g/mol. The van der Waals surface area contributed by atoms with E-state index in [0.717, 1.165) is 12.8 Å². The van der Waals surface area contributed by atoms with E-state index in [9.17, 15) is 9.59 Å². The van der Waals surface area contributed by atoms with Crippen molar-refractivity contribution in [1.82, 2.24) is 10.2 Å². The highest BCUT2D eigenvalue weighted by Gasteiger charge is 2.27. The first-order chi connectivity index (χ1) is 15.8. The van der Waals surface area contributed by atoms with Crippen molar-refractivity contribution in [3.8, 4) is 17.2 Å². The van der Waals surface area contributed by atoms with Crippen molar-refractivity contribution in [2.45, 2.75) is 39.3 Å². The van der Waals surface area contributed by atoms with Gasteiger partial charge in [-0.2, -0.15) is 0 Å². The van der Waals surface area contributed by atoms with E-state index in [1.807, 2.05) is 6.92 Å². The molecular formula is C24H30Cl2N2O5. The van der Waals surface area contributed by atoms with E-state index >= 15 is 0 Å². The van der Waals surface area contributed by atoms with Crippen molar-refractivity contribution in [3.05, 3.63) is 52.0 Å². The lowest BCUT2D eigenvalue weighted by atomic mass is 10.1. The van der Waals surface area contributed by atoms with Crippen LogP contribution in [-0.4, -0.2) is 50.1 Å². The van der Waals surface area contributed by atoms with Crippen LogP contribution in [0.5, 0.6) is 17.2 Å². The van der Waals surface area contributed by atoms with E-state index in [-0.39, 0.29) is 19.1 Å². The van der Waals surface area contributed by atoms with Gasteiger partial charge < -0.3 is 24.4 Å². The number of benzene rings is 2. The molecule has 0 aliphatic heterocycles. The Morgan fingerprint density at radius 3 is 2.15 bits per heavy atom. The van der Waals surface area contributed by atoms with Crippen LogP contribution in [0.3, 0.4) is 0 Å². The zero-order chi connectivity index (χ0) is 24.4. The van der Waals surface area contributed by atoms with E-state index in [4.69, 9.17) is 37.4 Å². The SMILES string of the molecule is CCCCNC(=O)C(C)N(Cc1c(Cl)cccc1Cl)C(=O)COc1cc(OC)cc(OC)c1. The first kappa shape index (κ1) is 26.6. The summed E-state index contributed by atoms with van der Waals surface area (Å²) in [6.07, 6.45) is 1.80. The van der Waals surface area contributed by atoms with Crippen LogP contribution in [0.1, 0.15) is 32.3 Å². The Morgan fingerprint density at radius 1 is 1.03 bits per heavy atom. The van der Waals surface area contributed by atoms with Gasteiger partial charge in [0.2, 0.25) is 5.91 Å². The molecule has 0 aromatic heterocycles. The second-order valence-electron chi connectivity index (χ2n) is 7.38. The number of unbranched alkanes of at least 4 members (excludes halogenated alkanes) is 1. The Morgan fingerprint density at radius 2 is 1.61 bits per heavy atom. The van der Waals surface area contributed by atoms with E-state index < -0.39 is 11.9 Å². The fourth-order valence-corrected chi connectivity index (χ4v) is 3.58. The summed E-state index contributed by atoms with van der Waals surface area (Å²) in [6, 6.07) is 9.33. The highest BCUT2D eigenvalue weighted by Crippen LogP contribution is 2.28. The van der Waals surface area contributed by atoms with Crippen molar-refractivity contribution in [1.29, 1.82) is 0 Å². The van der Waals surface area contributed by atoms with E-state index in [0.29, 0.717) is 39.4 Å². The third kappa shape index (κ3) is 7.72. The largest absolute Gasteiger partial charge is 0.496 e. The highest BCUT2D eigenvalue weighted by molar-refractivity contribution is 6.36.